The number of amides is 4. The van der Waals surface area contributed by atoms with E-state index in [0.717, 1.165) is 36.7 Å². The Kier molecular flexibility index (Phi) is 5.70. The molecule has 2 aromatic rings. The van der Waals surface area contributed by atoms with E-state index in [4.69, 9.17) is 0 Å². The number of fused-ring (bicyclic) bond motifs is 2. The molecule has 0 unspecified atom stereocenters. The molecule has 0 atom stereocenters. The number of carbonyl (C=O) groups is 3. The van der Waals surface area contributed by atoms with E-state index >= 15 is 0 Å². The Bertz CT molecular complexity index is 1070. The monoisotopic (exact) mass is 437 g/mol. The average Bonchev–Trinajstić information content (AvgIpc) is 3.36. The predicted molar refractivity (Wildman–Crippen MR) is 120 cm³/mol. The molecular formula is C22H27N7O3. The van der Waals surface area contributed by atoms with Gasteiger partial charge in [0.25, 0.3) is 5.91 Å². The number of hydrogen-bond acceptors (Lipinski definition) is 5. The molecule has 1 fully saturated rings. The van der Waals surface area contributed by atoms with Gasteiger partial charge in [0.05, 0.1) is 17.8 Å². The lowest BCUT2D eigenvalue weighted by Gasteiger charge is -2.25. The quantitative estimate of drug-likeness (QED) is 0.493. The molecule has 10 heteroatoms. The molecule has 4 amide bonds. The van der Waals surface area contributed by atoms with E-state index in [2.05, 4.69) is 32.7 Å². The van der Waals surface area contributed by atoms with E-state index in [1.165, 1.54) is 0 Å². The van der Waals surface area contributed by atoms with Gasteiger partial charge in [-0.25, -0.2) is 4.79 Å². The first-order chi connectivity index (χ1) is 15.3. The lowest BCUT2D eigenvalue weighted by atomic mass is 10.1. The Morgan fingerprint density at radius 2 is 2.06 bits per heavy atom. The Morgan fingerprint density at radius 1 is 1.28 bits per heavy atom. The number of rotatable bonds is 7. The van der Waals surface area contributed by atoms with Crippen molar-refractivity contribution in [3.05, 3.63) is 53.7 Å². The maximum absolute atomic E-state index is 12.8. The number of nitrogens with one attached hydrogen (secondary N) is 4. The molecule has 168 valence electrons. The predicted octanol–water partition coefficient (Wildman–Crippen LogP) is 1.86. The van der Waals surface area contributed by atoms with Crippen LogP contribution in [0.15, 0.2) is 36.9 Å². The first-order valence-electron chi connectivity index (χ1n) is 10.5. The van der Waals surface area contributed by atoms with Crippen molar-refractivity contribution in [2.24, 2.45) is 0 Å². The zero-order valence-electron chi connectivity index (χ0n) is 18.2. The van der Waals surface area contributed by atoms with E-state index in [0.29, 0.717) is 30.2 Å². The molecule has 2 aliphatic rings. The van der Waals surface area contributed by atoms with Crippen LogP contribution in [-0.2, 0) is 16.9 Å². The zero-order valence-corrected chi connectivity index (χ0v) is 18.2. The summed E-state index contributed by atoms with van der Waals surface area (Å²) in [6.45, 7) is 5.12. The molecule has 1 aliphatic carbocycles. The lowest BCUT2D eigenvalue weighted by Crippen LogP contribution is -2.44. The molecule has 1 aromatic heterocycles. The highest BCUT2D eigenvalue weighted by Crippen LogP contribution is 2.57. The highest BCUT2D eigenvalue weighted by Gasteiger charge is 2.58. The van der Waals surface area contributed by atoms with Gasteiger partial charge in [0.15, 0.2) is 5.82 Å². The Labute approximate surface area is 186 Å². The Morgan fingerprint density at radius 3 is 2.75 bits per heavy atom. The van der Waals surface area contributed by atoms with Crippen molar-refractivity contribution in [2.75, 3.05) is 37.8 Å². The van der Waals surface area contributed by atoms with E-state index in [9.17, 15) is 14.4 Å². The van der Waals surface area contributed by atoms with Gasteiger partial charge in [-0.1, -0.05) is 12.6 Å². The maximum atomic E-state index is 12.8. The Hall–Kier alpha value is -3.66. The van der Waals surface area contributed by atoms with Crippen molar-refractivity contribution in [3.63, 3.8) is 0 Å². The van der Waals surface area contributed by atoms with Crippen LogP contribution in [0.2, 0.25) is 0 Å². The maximum Gasteiger partial charge on any atom is 0.318 e. The fourth-order valence-corrected chi connectivity index (χ4v) is 3.95. The van der Waals surface area contributed by atoms with Gasteiger partial charge in [0.2, 0.25) is 5.91 Å². The van der Waals surface area contributed by atoms with Gasteiger partial charge in [0, 0.05) is 29.9 Å². The van der Waals surface area contributed by atoms with Crippen LogP contribution >= 0.6 is 0 Å². The molecule has 1 aliphatic heterocycles. The highest BCUT2D eigenvalue weighted by atomic mass is 16.2. The number of hydrogen-bond donors (Lipinski definition) is 4. The number of anilines is 2. The summed E-state index contributed by atoms with van der Waals surface area (Å²) in [5, 5.41) is 15.8. The summed E-state index contributed by atoms with van der Waals surface area (Å²) in [5.74, 6) is -0.292. The van der Waals surface area contributed by atoms with Crippen LogP contribution in [0.4, 0.5) is 16.3 Å². The third kappa shape index (κ3) is 4.09. The van der Waals surface area contributed by atoms with E-state index in [-0.39, 0.29) is 23.4 Å². The van der Waals surface area contributed by atoms with E-state index in [1.807, 2.05) is 23.9 Å². The minimum atomic E-state index is -0.359. The molecule has 4 N–H and O–H groups in total. The molecular weight excluding hydrogens is 410 g/mol. The number of aromatic amines is 1. The van der Waals surface area contributed by atoms with Crippen LogP contribution < -0.4 is 16.0 Å². The van der Waals surface area contributed by atoms with Crippen molar-refractivity contribution in [1.82, 2.24) is 25.3 Å². The van der Waals surface area contributed by atoms with Crippen molar-refractivity contribution >= 4 is 29.4 Å². The molecule has 0 saturated heterocycles. The zero-order chi connectivity index (χ0) is 22.9. The van der Waals surface area contributed by atoms with Crippen LogP contribution in [0.3, 0.4) is 0 Å². The van der Waals surface area contributed by atoms with E-state index in [1.54, 1.807) is 24.3 Å². The molecule has 10 nitrogen and oxygen atoms in total. The number of urea groups is 1. The van der Waals surface area contributed by atoms with Gasteiger partial charge in [-0.15, -0.1) is 0 Å². The minimum Gasteiger partial charge on any atom is -0.337 e. The smallest absolute Gasteiger partial charge is 0.318 e. The van der Waals surface area contributed by atoms with Crippen LogP contribution in [0.5, 0.6) is 0 Å². The number of carbonyl (C=O) groups excluding carboxylic acids is 3. The second kappa shape index (κ2) is 8.46. The molecule has 1 spiro atoms. The van der Waals surface area contributed by atoms with Gasteiger partial charge in [0.1, 0.15) is 0 Å². The fraction of sp³-hybridized carbons (Fsp3) is 0.364. The second-order valence-electron chi connectivity index (χ2n) is 8.31. The average molecular weight is 438 g/mol. The number of H-pyrrole nitrogens is 1. The summed E-state index contributed by atoms with van der Waals surface area (Å²) < 4.78 is 0. The van der Waals surface area contributed by atoms with Crippen LogP contribution in [0.1, 0.15) is 34.5 Å². The Balaban J connectivity index is 1.46. The first-order valence-corrected chi connectivity index (χ1v) is 10.5. The standard InChI is InChI=1S/C22H27N7O3/c1-4-17(30)24-15-7-5-6-14(12-15)20(31)25-19-16-13-29(21(32)23-10-11-28(2)3)22(8-9-22)18(16)26-27-19/h4-7,12H,1,8-11,13H2,2-3H3,(H,23,32)(H,24,30)(H2,25,26,27,31). The summed E-state index contributed by atoms with van der Waals surface area (Å²) in [4.78, 5) is 41.0. The van der Waals surface area contributed by atoms with Gasteiger partial charge in [-0.3, -0.25) is 14.7 Å². The number of aromatic nitrogens is 2. The summed E-state index contributed by atoms with van der Waals surface area (Å²) in [6, 6.07) is 6.49. The van der Waals surface area contributed by atoms with Gasteiger partial charge in [-0.05, 0) is 51.2 Å². The molecule has 1 saturated carbocycles. The molecule has 4 rings (SSSR count). The van der Waals surface area contributed by atoms with Crippen molar-refractivity contribution in [3.8, 4) is 0 Å². The normalized spacial score (nSPS) is 15.4. The highest BCUT2D eigenvalue weighted by molar-refractivity contribution is 6.06. The molecule has 2 heterocycles. The van der Waals surface area contributed by atoms with Crippen molar-refractivity contribution < 1.29 is 14.4 Å². The molecule has 32 heavy (non-hydrogen) atoms. The lowest BCUT2D eigenvalue weighted by molar-refractivity contribution is -0.111. The SMILES string of the molecule is C=CC(=O)Nc1cccc(C(=O)Nc2n[nH]c3c2CN(C(=O)NCCN(C)C)C32CC2)c1. The minimum absolute atomic E-state index is 0.114. The largest absolute Gasteiger partial charge is 0.337 e. The van der Waals surface area contributed by atoms with Gasteiger partial charge >= 0.3 is 6.03 Å². The van der Waals surface area contributed by atoms with E-state index < -0.39 is 0 Å². The van der Waals surface area contributed by atoms with Gasteiger partial charge < -0.3 is 25.8 Å². The third-order valence-corrected chi connectivity index (χ3v) is 5.78. The summed E-state index contributed by atoms with van der Waals surface area (Å²) in [7, 11) is 3.91. The molecule has 0 bridgehead atoms. The topological polar surface area (TPSA) is 122 Å². The summed E-state index contributed by atoms with van der Waals surface area (Å²) in [5.41, 5.74) is 2.23. The molecule has 1 aromatic carbocycles. The fourth-order valence-electron chi connectivity index (χ4n) is 3.95. The van der Waals surface area contributed by atoms with Crippen molar-refractivity contribution in [2.45, 2.75) is 24.9 Å². The van der Waals surface area contributed by atoms with Gasteiger partial charge in [-0.2, -0.15) is 5.10 Å². The van der Waals surface area contributed by atoms with Crippen LogP contribution in [0, 0.1) is 0 Å². The number of nitrogens with zero attached hydrogens (tertiary/aromatic N) is 3. The summed E-state index contributed by atoms with van der Waals surface area (Å²) >= 11 is 0. The number of benzene rings is 1. The van der Waals surface area contributed by atoms with Crippen molar-refractivity contribution in [1.29, 1.82) is 0 Å². The van der Waals surface area contributed by atoms with Crippen LogP contribution in [0.25, 0.3) is 0 Å². The second-order valence-corrected chi connectivity index (χ2v) is 8.31. The third-order valence-electron chi connectivity index (χ3n) is 5.78. The first kappa shape index (κ1) is 21.6. The summed E-state index contributed by atoms with van der Waals surface area (Å²) in [6.07, 6.45) is 2.89. The molecule has 0 radical (unpaired) electrons. The van der Waals surface area contributed by atoms with Crippen LogP contribution in [-0.4, -0.2) is 65.0 Å². The number of likely N-dealkylation sites (N-methyl/N-ethyl adjacent to an activating group) is 1.